The number of amides is 3. The molecule has 1 aromatic heterocycles. The minimum atomic E-state index is -0.879. The van der Waals surface area contributed by atoms with E-state index < -0.39 is 30.7 Å². The number of ether oxygens (including phenoxy) is 1. The largest absolute Gasteiger partial charge is 0.492 e. The molecule has 0 saturated carbocycles. The molecule has 0 radical (unpaired) electrons. The Bertz CT molecular complexity index is 1350. The first kappa shape index (κ1) is 31.7. The van der Waals surface area contributed by atoms with Crippen LogP contribution in [-0.4, -0.2) is 60.1 Å². The summed E-state index contributed by atoms with van der Waals surface area (Å²) in [5, 5.41) is 12.0. The maximum Gasteiger partial charge on any atom is 0.244 e. The number of halogens is 1. The molecule has 43 heavy (non-hydrogen) atoms. The molecule has 3 atom stereocenters. The summed E-state index contributed by atoms with van der Waals surface area (Å²) in [7, 11) is 0. The SMILES string of the molecule is CC(C)[C@H]1NC(=O)[C@@H](Cc2cccc(CF)c2)NCCOc2ccccc2CCCNC(=O)[C@H](Cn2cccc2)NC1=O. The second kappa shape index (κ2) is 15.9. The van der Waals surface area contributed by atoms with E-state index in [0.717, 1.165) is 16.9 Å². The van der Waals surface area contributed by atoms with Crippen LogP contribution in [0.5, 0.6) is 5.75 Å². The zero-order chi connectivity index (χ0) is 30.6. The Morgan fingerprint density at radius 1 is 0.884 bits per heavy atom. The number of carbonyl (C=O) groups is 3. The van der Waals surface area contributed by atoms with E-state index in [9.17, 15) is 18.8 Å². The molecule has 3 aromatic rings. The third kappa shape index (κ3) is 9.41. The number of rotatable bonds is 6. The number of nitrogens with one attached hydrogen (secondary N) is 4. The van der Waals surface area contributed by atoms with Crippen LogP contribution in [0.1, 0.15) is 37.0 Å². The van der Waals surface area contributed by atoms with Gasteiger partial charge in [-0.3, -0.25) is 14.4 Å². The van der Waals surface area contributed by atoms with Gasteiger partial charge in [0.2, 0.25) is 17.7 Å². The molecule has 0 saturated heterocycles. The molecule has 0 fully saturated rings. The van der Waals surface area contributed by atoms with Gasteiger partial charge in [0.15, 0.2) is 0 Å². The predicted molar refractivity (Wildman–Crippen MR) is 163 cm³/mol. The highest BCUT2D eigenvalue weighted by molar-refractivity contribution is 5.93. The van der Waals surface area contributed by atoms with E-state index in [1.165, 1.54) is 0 Å². The highest BCUT2D eigenvalue weighted by Gasteiger charge is 2.31. The summed E-state index contributed by atoms with van der Waals surface area (Å²) in [6.07, 6.45) is 5.35. The fourth-order valence-corrected chi connectivity index (χ4v) is 5.14. The predicted octanol–water partition coefficient (Wildman–Crippen LogP) is 2.93. The van der Waals surface area contributed by atoms with Crippen LogP contribution in [-0.2, 0) is 40.4 Å². The van der Waals surface area contributed by atoms with Crippen molar-refractivity contribution in [3.8, 4) is 5.75 Å². The smallest absolute Gasteiger partial charge is 0.244 e. The Morgan fingerprint density at radius 2 is 1.65 bits per heavy atom. The average molecular weight is 592 g/mol. The Hall–Kier alpha value is -4.18. The maximum atomic E-state index is 13.7. The number of hydrogen-bond acceptors (Lipinski definition) is 5. The Morgan fingerprint density at radius 3 is 2.42 bits per heavy atom. The first-order chi connectivity index (χ1) is 20.8. The average Bonchev–Trinajstić information content (AvgIpc) is 3.52. The molecule has 0 bridgehead atoms. The van der Waals surface area contributed by atoms with Crippen molar-refractivity contribution in [2.45, 2.75) is 64.5 Å². The van der Waals surface area contributed by atoms with Crippen molar-refractivity contribution in [2.24, 2.45) is 5.92 Å². The summed E-state index contributed by atoms with van der Waals surface area (Å²) in [4.78, 5) is 40.5. The van der Waals surface area contributed by atoms with Gasteiger partial charge in [0.1, 0.15) is 31.1 Å². The van der Waals surface area contributed by atoms with Gasteiger partial charge in [0.05, 0.1) is 12.6 Å². The quantitative estimate of drug-likeness (QED) is 0.352. The monoisotopic (exact) mass is 591 g/mol. The normalized spacial score (nSPS) is 21.0. The minimum Gasteiger partial charge on any atom is -0.492 e. The van der Waals surface area contributed by atoms with E-state index in [2.05, 4.69) is 21.3 Å². The lowest BCUT2D eigenvalue weighted by Crippen LogP contribution is -2.59. The number of benzene rings is 2. The molecule has 4 N–H and O–H groups in total. The van der Waals surface area contributed by atoms with Crippen LogP contribution in [0.25, 0.3) is 0 Å². The number of aryl methyl sites for hydroxylation is 1. The van der Waals surface area contributed by atoms with E-state index in [1.807, 2.05) is 73.3 Å². The summed E-state index contributed by atoms with van der Waals surface area (Å²) in [6.45, 7) is 4.46. The van der Waals surface area contributed by atoms with Crippen molar-refractivity contribution in [3.63, 3.8) is 0 Å². The van der Waals surface area contributed by atoms with Gasteiger partial charge in [-0.25, -0.2) is 4.39 Å². The molecule has 0 aliphatic carbocycles. The van der Waals surface area contributed by atoms with Crippen LogP contribution in [0.4, 0.5) is 4.39 Å². The molecule has 9 nitrogen and oxygen atoms in total. The minimum absolute atomic E-state index is 0.245. The molecular weight excluding hydrogens is 549 g/mol. The van der Waals surface area contributed by atoms with Gasteiger partial charge in [-0.1, -0.05) is 56.3 Å². The van der Waals surface area contributed by atoms with Gasteiger partial charge in [-0.15, -0.1) is 0 Å². The molecule has 230 valence electrons. The lowest BCUT2D eigenvalue weighted by Gasteiger charge is -2.28. The zero-order valence-corrected chi connectivity index (χ0v) is 24.9. The molecule has 2 aromatic carbocycles. The maximum absolute atomic E-state index is 13.7. The molecule has 4 rings (SSSR count). The highest BCUT2D eigenvalue weighted by atomic mass is 19.1. The number of carbonyl (C=O) groups excluding carboxylic acids is 3. The van der Waals surface area contributed by atoms with E-state index in [4.69, 9.17) is 4.74 Å². The van der Waals surface area contributed by atoms with Crippen molar-refractivity contribution in [3.05, 3.63) is 89.7 Å². The molecule has 2 heterocycles. The summed E-state index contributed by atoms with van der Waals surface area (Å²) in [5.74, 6) is -0.598. The molecule has 3 amide bonds. The van der Waals surface area contributed by atoms with E-state index in [0.29, 0.717) is 44.5 Å². The number of aromatic nitrogens is 1. The van der Waals surface area contributed by atoms with Crippen LogP contribution in [0.2, 0.25) is 0 Å². The van der Waals surface area contributed by atoms with Crippen LogP contribution in [0, 0.1) is 5.92 Å². The fraction of sp³-hybridized carbons (Fsp3) is 0.424. The molecule has 1 aliphatic heterocycles. The van der Waals surface area contributed by atoms with Gasteiger partial charge in [0, 0.05) is 25.5 Å². The lowest BCUT2D eigenvalue weighted by molar-refractivity contribution is -0.133. The van der Waals surface area contributed by atoms with Gasteiger partial charge >= 0.3 is 0 Å². The van der Waals surface area contributed by atoms with Crippen LogP contribution >= 0.6 is 0 Å². The molecule has 0 unspecified atom stereocenters. The summed E-state index contributed by atoms with van der Waals surface area (Å²) in [6, 6.07) is 16.1. The molecule has 1 aliphatic rings. The third-order valence-corrected chi connectivity index (χ3v) is 7.49. The van der Waals surface area contributed by atoms with Crippen molar-refractivity contribution in [1.82, 2.24) is 25.8 Å². The van der Waals surface area contributed by atoms with Gasteiger partial charge < -0.3 is 30.6 Å². The van der Waals surface area contributed by atoms with Crippen molar-refractivity contribution in [2.75, 3.05) is 19.7 Å². The van der Waals surface area contributed by atoms with Crippen molar-refractivity contribution < 1.29 is 23.5 Å². The van der Waals surface area contributed by atoms with Crippen molar-refractivity contribution >= 4 is 17.7 Å². The molecule has 0 spiro atoms. The Kier molecular flexibility index (Phi) is 11.7. The van der Waals surface area contributed by atoms with Crippen LogP contribution < -0.4 is 26.0 Å². The highest BCUT2D eigenvalue weighted by Crippen LogP contribution is 2.19. The van der Waals surface area contributed by atoms with E-state index in [-0.39, 0.29) is 24.3 Å². The van der Waals surface area contributed by atoms with Crippen LogP contribution in [0.15, 0.2) is 73.1 Å². The van der Waals surface area contributed by atoms with Crippen LogP contribution in [0.3, 0.4) is 0 Å². The standard InChI is InChI=1S/C33H42FN5O4/c1-23(2)30-33(42)37-28(22-39-16-5-6-17-39)31(40)36-14-8-12-26-11-3-4-13-29(26)43-18-15-35-27(32(41)38-30)20-24-9-7-10-25(19-24)21-34/h3-7,9-11,13,16-17,19,23,27-28,30,35H,8,12,14-15,18,20-22H2,1-2H3,(H,36,40)(H,37,42)(H,38,41)/t27-,28+,30-/m1/s1. The lowest BCUT2D eigenvalue weighted by atomic mass is 10.00. The zero-order valence-electron chi connectivity index (χ0n) is 24.9. The summed E-state index contributed by atoms with van der Waals surface area (Å²) < 4.78 is 21.3. The number of fused-ring (bicyclic) bond motifs is 1. The van der Waals surface area contributed by atoms with Gasteiger partial charge in [-0.2, -0.15) is 0 Å². The molecular formula is C33H42FN5O4. The second-order valence-corrected chi connectivity index (χ2v) is 11.2. The Balaban J connectivity index is 1.59. The second-order valence-electron chi connectivity index (χ2n) is 11.2. The first-order valence-electron chi connectivity index (χ1n) is 14.9. The molecule has 10 heteroatoms. The summed E-state index contributed by atoms with van der Waals surface area (Å²) >= 11 is 0. The first-order valence-corrected chi connectivity index (χ1v) is 14.9. The van der Waals surface area contributed by atoms with Gasteiger partial charge in [-0.05, 0) is 60.1 Å². The van der Waals surface area contributed by atoms with E-state index >= 15 is 0 Å². The topological polar surface area (TPSA) is 113 Å². The Labute approximate surface area is 252 Å². The number of hydrogen-bond donors (Lipinski definition) is 4. The summed E-state index contributed by atoms with van der Waals surface area (Å²) in [5.41, 5.74) is 2.35. The fourth-order valence-electron chi connectivity index (χ4n) is 5.14. The van der Waals surface area contributed by atoms with Crippen molar-refractivity contribution in [1.29, 1.82) is 0 Å². The third-order valence-electron chi connectivity index (χ3n) is 7.49. The number of nitrogens with zero attached hydrogens (tertiary/aromatic N) is 1. The number of para-hydroxylation sites is 1. The number of alkyl halides is 1. The van der Waals surface area contributed by atoms with Gasteiger partial charge in [0.25, 0.3) is 0 Å². The van der Waals surface area contributed by atoms with E-state index in [1.54, 1.807) is 18.2 Å².